The van der Waals surface area contributed by atoms with Gasteiger partial charge in [-0.25, -0.2) is 0 Å². The fourth-order valence-corrected chi connectivity index (χ4v) is 2.36. The van der Waals surface area contributed by atoms with E-state index in [4.69, 9.17) is 0 Å². The summed E-state index contributed by atoms with van der Waals surface area (Å²) in [5.74, 6) is 0.987. The van der Waals surface area contributed by atoms with Gasteiger partial charge < -0.3 is 10.6 Å². The topological polar surface area (TPSA) is 41.1 Å². The molecule has 80 valence electrons. The zero-order valence-electron chi connectivity index (χ0n) is 9.26. The lowest BCUT2D eigenvalue weighted by atomic mass is 9.76. The van der Waals surface area contributed by atoms with Crippen molar-refractivity contribution in [2.75, 3.05) is 6.54 Å². The summed E-state index contributed by atoms with van der Waals surface area (Å²) < 4.78 is 0. The average molecular weight is 196 g/mol. The van der Waals surface area contributed by atoms with Gasteiger partial charge in [0.1, 0.15) is 0 Å². The van der Waals surface area contributed by atoms with E-state index in [2.05, 4.69) is 31.4 Å². The molecule has 3 heteroatoms. The number of rotatable bonds is 2. The van der Waals surface area contributed by atoms with Crippen LogP contribution in [0.1, 0.15) is 33.6 Å². The number of hydrogen-bond donors (Lipinski definition) is 2. The number of hydrogen-bond acceptors (Lipinski definition) is 2. The molecule has 0 aromatic carbocycles. The van der Waals surface area contributed by atoms with Crippen LogP contribution in [0.25, 0.3) is 0 Å². The standard InChI is InChI=1S/C11H20N2O/c1-7-4-8(5-7)13-10(14)9-11(2,3)6-12-9/h7-9,12H,4-6H2,1-3H3,(H,13,14). The molecule has 1 aliphatic heterocycles. The minimum absolute atomic E-state index is 0.0263. The molecule has 1 unspecified atom stereocenters. The quantitative estimate of drug-likeness (QED) is 0.689. The lowest BCUT2D eigenvalue weighted by molar-refractivity contribution is -0.130. The normalized spacial score (nSPS) is 39.5. The third kappa shape index (κ3) is 1.65. The van der Waals surface area contributed by atoms with Crippen LogP contribution in [-0.2, 0) is 4.79 Å². The number of nitrogens with one attached hydrogen (secondary N) is 2. The lowest BCUT2D eigenvalue weighted by Crippen LogP contribution is -2.67. The Hall–Kier alpha value is -0.570. The van der Waals surface area contributed by atoms with Gasteiger partial charge in [-0.1, -0.05) is 20.8 Å². The third-order valence-electron chi connectivity index (χ3n) is 3.53. The largest absolute Gasteiger partial charge is 0.352 e. The summed E-state index contributed by atoms with van der Waals surface area (Å²) in [6, 6.07) is 0.467. The SMILES string of the molecule is CC1CC(NC(=O)C2NCC2(C)C)C1. The molecule has 0 radical (unpaired) electrons. The van der Waals surface area contributed by atoms with Crippen molar-refractivity contribution in [2.45, 2.75) is 45.7 Å². The molecule has 1 saturated heterocycles. The maximum absolute atomic E-state index is 11.8. The van der Waals surface area contributed by atoms with Crippen molar-refractivity contribution in [2.24, 2.45) is 11.3 Å². The minimum Gasteiger partial charge on any atom is -0.352 e. The molecule has 0 aromatic rings. The highest BCUT2D eigenvalue weighted by molar-refractivity contribution is 5.84. The number of carbonyl (C=O) groups excluding carboxylic acids is 1. The van der Waals surface area contributed by atoms with Gasteiger partial charge >= 0.3 is 0 Å². The van der Waals surface area contributed by atoms with Crippen LogP contribution in [0.5, 0.6) is 0 Å². The maximum Gasteiger partial charge on any atom is 0.237 e. The van der Waals surface area contributed by atoms with Gasteiger partial charge in [-0.15, -0.1) is 0 Å². The predicted octanol–water partition coefficient (Wildman–Crippen LogP) is 0.899. The van der Waals surface area contributed by atoms with E-state index in [0.29, 0.717) is 6.04 Å². The third-order valence-corrected chi connectivity index (χ3v) is 3.53. The van der Waals surface area contributed by atoms with E-state index in [1.54, 1.807) is 0 Å². The van der Waals surface area contributed by atoms with E-state index in [0.717, 1.165) is 25.3 Å². The van der Waals surface area contributed by atoms with Crippen molar-refractivity contribution in [3.05, 3.63) is 0 Å². The van der Waals surface area contributed by atoms with Gasteiger partial charge in [-0.2, -0.15) is 0 Å². The summed E-state index contributed by atoms with van der Waals surface area (Å²) in [5, 5.41) is 6.29. The molecule has 14 heavy (non-hydrogen) atoms. The first-order chi connectivity index (χ1) is 6.49. The Morgan fingerprint density at radius 2 is 2.07 bits per heavy atom. The summed E-state index contributed by atoms with van der Waals surface area (Å²) in [4.78, 5) is 11.8. The predicted molar refractivity (Wildman–Crippen MR) is 55.9 cm³/mol. The van der Waals surface area contributed by atoms with Gasteiger partial charge in [0.15, 0.2) is 0 Å². The molecule has 1 amide bonds. The highest BCUT2D eigenvalue weighted by Gasteiger charge is 2.44. The molecule has 2 rings (SSSR count). The van der Waals surface area contributed by atoms with Gasteiger partial charge in [-0.05, 0) is 18.8 Å². The van der Waals surface area contributed by atoms with Crippen LogP contribution in [-0.4, -0.2) is 24.5 Å². The molecule has 1 aliphatic carbocycles. The Labute approximate surface area is 85.6 Å². The molecule has 2 aliphatic rings. The monoisotopic (exact) mass is 196 g/mol. The first-order valence-electron chi connectivity index (χ1n) is 5.53. The van der Waals surface area contributed by atoms with Crippen LogP contribution in [0.3, 0.4) is 0 Å². The van der Waals surface area contributed by atoms with Gasteiger partial charge in [-0.3, -0.25) is 4.79 Å². The van der Waals surface area contributed by atoms with Crippen molar-refractivity contribution in [1.82, 2.24) is 10.6 Å². The van der Waals surface area contributed by atoms with E-state index in [-0.39, 0.29) is 17.4 Å². The molecule has 0 bridgehead atoms. The van der Waals surface area contributed by atoms with Crippen LogP contribution in [0.2, 0.25) is 0 Å². The van der Waals surface area contributed by atoms with Crippen LogP contribution in [0, 0.1) is 11.3 Å². The summed E-state index contributed by atoms with van der Waals surface area (Å²) >= 11 is 0. The van der Waals surface area contributed by atoms with Crippen LogP contribution >= 0.6 is 0 Å². The molecule has 0 spiro atoms. The van der Waals surface area contributed by atoms with Crippen molar-refractivity contribution >= 4 is 5.91 Å². The zero-order chi connectivity index (χ0) is 10.3. The summed E-state index contributed by atoms with van der Waals surface area (Å²) in [6.45, 7) is 7.45. The molecular formula is C11H20N2O. The molecule has 3 nitrogen and oxygen atoms in total. The fraction of sp³-hybridized carbons (Fsp3) is 0.909. The van der Waals surface area contributed by atoms with Crippen LogP contribution in [0.4, 0.5) is 0 Å². The van der Waals surface area contributed by atoms with Gasteiger partial charge in [0.25, 0.3) is 0 Å². The molecule has 2 N–H and O–H groups in total. The summed E-state index contributed by atoms with van der Waals surface area (Å²) in [5.41, 5.74) is 0.138. The fourth-order valence-electron chi connectivity index (χ4n) is 2.36. The van der Waals surface area contributed by atoms with Crippen molar-refractivity contribution < 1.29 is 4.79 Å². The van der Waals surface area contributed by atoms with E-state index >= 15 is 0 Å². The first kappa shape index (κ1) is 9.97. The number of amides is 1. The van der Waals surface area contributed by atoms with Crippen LogP contribution in [0.15, 0.2) is 0 Å². The Bertz CT molecular complexity index is 244. The van der Waals surface area contributed by atoms with E-state index in [1.807, 2.05) is 0 Å². The molecule has 0 aromatic heterocycles. The first-order valence-corrected chi connectivity index (χ1v) is 5.53. The van der Waals surface area contributed by atoms with Crippen LogP contribution < -0.4 is 10.6 Å². The lowest BCUT2D eigenvalue weighted by Gasteiger charge is -2.45. The molecule has 1 atom stereocenters. The number of carbonyl (C=O) groups is 1. The van der Waals surface area contributed by atoms with E-state index in [1.165, 1.54) is 0 Å². The minimum atomic E-state index is 0.0263. The highest BCUT2D eigenvalue weighted by Crippen LogP contribution is 2.30. The Morgan fingerprint density at radius 3 is 2.43 bits per heavy atom. The van der Waals surface area contributed by atoms with Crippen molar-refractivity contribution in [1.29, 1.82) is 0 Å². The Balaban J connectivity index is 1.79. The highest BCUT2D eigenvalue weighted by atomic mass is 16.2. The second-order valence-electron chi connectivity index (χ2n) is 5.58. The van der Waals surface area contributed by atoms with Gasteiger partial charge in [0.2, 0.25) is 5.91 Å². The van der Waals surface area contributed by atoms with Crippen molar-refractivity contribution in [3.63, 3.8) is 0 Å². The average Bonchev–Trinajstić information content (AvgIpc) is 1.99. The summed E-state index contributed by atoms with van der Waals surface area (Å²) in [7, 11) is 0. The molecule has 1 saturated carbocycles. The molecule has 2 fully saturated rings. The summed E-state index contributed by atoms with van der Waals surface area (Å²) in [6.07, 6.45) is 2.30. The van der Waals surface area contributed by atoms with E-state index < -0.39 is 0 Å². The second-order valence-corrected chi connectivity index (χ2v) is 5.58. The Morgan fingerprint density at radius 1 is 1.43 bits per heavy atom. The van der Waals surface area contributed by atoms with Crippen molar-refractivity contribution in [3.8, 4) is 0 Å². The maximum atomic E-state index is 11.8. The molecule has 1 heterocycles. The molecular weight excluding hydrogens is 176 g/mol. The van der Waals surface area contributed by atoms with Gasteiger partial charge in [0, 0.05) is 18.0 Å². The smallest absolute Gasteiger partial charge is 0.237 e. The Kier molecular flexibility index (Phi) is 2.30. The zero-order valence-corrected chi connectivity index (χ0v) is 9.26. The second kappa shape index (κ2) is 3.23. The van der Waals surface area contributed by atoms with Gasteiger partial charge in [0.05, 0.1) is 6.04 Å². The van der Waals surface area contributed by atoms with E-state index in [9.17, 15) is 4.79 Å².